The van der Waals surface area contributed by atoms with E-state index in [2.05, 4.69) is 9.71 Å². The number of benzene rings is 2. The number of nitrogens with zero attached hydrogens (tertiary/aromatic N) is 1. The molecule has 0 amide bonds. The molecule has 124 valence electrons. The maximum absolute atomic E-state index is 12.7. The largest absolute Gasteiger partial charge is 0.329 e. The van der Waals surface area contributed by atoms with E-state index in [9.17, 15) is 8.42 Å². The van der Waals surface area contributed by atoms with E-state index >= 15 is 0 Å². The molecule has 2 aromatic carbocycles. The van der Waals surface area contributed by atoms with Gasteiger partial charge in [-0.2, -0.15) is 0 Å². The average Bonchev–Trinajstić information content (AvgIpc) is 2.60. The van der Waals surface area contributed by atoms with Crippen LogP contribution in [0.4, 0.5) is 0 Å². The molecule has 3 N–H and O–H groups in total. The fourth-order valence-electron chi connectivity index (χ4n) is 2.43. The van der Waals surface area contributed by atoms with Crippen LogP contribution in [0.2, 0.25) is 5.02 Å². The van der Waals surface area contributed by atoms with Crippen LogP contribution in [0.3, 0.4) is 0 Å². The van der Waals surface area contributed by atoms with Gasteiger partial charge in [-0.05, 0) is 41.3 Å². The second kappa shape index (κ2) is 6.86. The molecule has 1 aromatic heterocycles. The minimum absolute atomic E-state index is 0.137. The normalized spacial score (nSPS) is 13.1. The highest BCUT2D eigenvalue weighted by molar-refractivity contribution is 7.89. The quantitative estimate of drug-likeness (QED) is 0.731. The van der Waals surface area contributed by atoms with Gasteiger partial charge < -0.3 is 5.73 Å². The smallest absolute Gasteiger partial charge is 0.241 e. The van der Waals surface area contributed by atoms with Crippen molar-refractivity contribution >= 4 is 32.4 Å². The predicted octanol–water partition coefficient (Wildman–Crippen LogP) is 2.87. The van der Waals surface area contributed by atoms with Crippen molar-refractivity contribution < 1.29 is 8.42 Å². The van der Waals surface area contributed by atoms with Gasteiger partial charge in [0, 0.05) is 29.3 Å². The number of rotatable bonds is 5. The van der Waals surface area contributed by atoms with Crippen LogP contribution in [-0.4, -0.2) is 19.9 Å². The summed E-state index contributed by atoms with van der Waals surface area (Å²) in [6.07, 6.45) is 3.32. The Labute approximate surface area is 145 Å². The third-order valence-corrected chi connectivity index (χ3v) is 5.45. The molecule has 0 aliphatic rings. The molecular formula is C17H16ClN3O2S. The van der Waals surface area contributed by atoms with Gasteiger partial charge in [-0.25, -0.2) is 13.1 Å². The second-order valence-corrected chi connectivity index (χ2v) is 7.50. The van der Waals surface area contributed by atoms with Crippen LogP contribution < -0.4 is 10.5 Å². The Morgan fingerprint density at radius 1 is 1.08 bits per heavy atom. The van der Waals surface area contributed by atoms with E-state index in [0.29, 0.717) is 5.02 Å². The number of aromatic nitrogens is 1. The van der Waals surface area contributed by atoms with E-state index in [4.69, 9.17) is 17.3 Å². The van der Waals surface area contributed by atoms with Gasteiger partial charge >= 0.3 is 0 Å². The fourth-order valence-corrected chi connectivity index (χ4v) is 3.83. The van der Waals surface area contributed by atoms with Gasteiger partial charge in [-0.3, -0.25) is 4.98 Å². The first kappa shape index (κ1) is 16.9. The summed E-state index contributed by atoms with van der Waals surface area (Å²) >= 11 is 5.87. The van der Waals surface area contributed by atoms with Crippen LogP contribution in [0, 0.1) is 0 Å². The summed E-state index contributed by atoms with van der Waals surface area (Å²) in [5, 5.41) is 2.27. The van der Waals surface area contributed by atoms with Gasteiger partial charge in [0.15, 0.2) is 0 Å². The zero-order valence-corrected chi connectivity index (χ0v) is 14.3. The number of halogens is 1. The van der Waals surface area contributed by atoms with Crippen molar-refractivity contribution in [3.05, 3.63) is 71.5 Å². The first-order valence-corrected chi connectivity index (χ1v) is 9.17. The summed E-state index contributed by atoms with van der Waals surface area (Å²) in [5.41, 5.74) is 6.51. The van der Waals surface area contributed by atoms with Crippen molar-refractivity contribution in [1.82, 2.24) is 9.71 Å². The Morgan fingerprint density at radius 3 is 2.54 bits per heavy atom. The zero-order chi connectivity index (χ0) is 17.2. The second-order valence-electron chi connectivity index (χ2n) is 5.35. The van der Waals surface area contributed by atoms with Gasteiger partial charge in [-0.1, -0.05) is 29.8 Å². The van der Waals surface area contributed by atoms with Gasteiger partial charge in [0.2, 0.25) is 10.0 Å². The summed E-state index contributed by atoms with van der Waals surface area (Å²) < 4.78 is 28.0. The molecule has 1 heterocycles. The molecular weight excluding hydrogens is 346 g/mol. The van der Waals surface area contributed by atoms with E-state index in [1.807, 2.05) is 0 Å². The minimum Gasteiger partial charge on any atom is -0.329 e. The number of nitrogens with one attached hydrogen (secondary N) is 1. The SMILES string of the molecule is NCC(NS(=O)(=O)c1ccc2cnccc2c1)c1ccc(Cl)cc1. The molecule has 0 fully saturated rings. The Kier molecular flexibility index (Phi) is 4.82. The van der Waals surface area contributed by atoms with Crippen molar-refractivity contribution in [3.63, 3.8) is 0 Å². The van der Waals surface area contributed by atoms with E-state index in [1.54, 1.807) is 60.9 Å². The summed E-state index contributed by atoms with van der Waals surface area (Å²) in [6, 6.07) is 13.1. The van der Waals surface area contributed by atoms with Gasteiger partial charge in [0.05, 0.1) is 10.9 Å². The Balaban J connectivity index is 1.91. The Hall–Kier alpha value is -1.99. The maximum atomic E-state index is 12.7. The van der Waals surface area contributed by atoms with E-state index in [-0.39, 0.29) is 11.4 Å². The first-order chi connectivity index (χ1) is 11.5. The highest BCUT2D eigenvalue weighted by atomic mass is 35.5. The van der Waals surface area contributed by atoms with Crippen LogP contribution in [0.1, 0.15) is 11.6 Å². The summed E-state index contributed by atoms with van der Waals surface area (Å²) in [5.74, 6) is 0. The monoisotopic (exact) mass is 361 g/mol. The molecule has 0 bridgehead atoms. The van der Waals surface area contributed by atoms with Gasteiger partial charge in [-0.15, -0.1) is 0 Å². The van der Waals surface area contributed by atoms with Gasteiger partial charge in [0.1, 0.15) is 0 Å². The number of sulfonamides is 1. The minimum atomic E-state index is -3.70. The average molecular weight is 362 g/mol. The lowest BCUT2D eigenvalue weighted by Crippen LogP contribution is -2.33. The van der Waals surface area contributed by atoms with Crippen molar-refractivity contribution in [2.45, 2.75) is 10.9 Å². The number of nitrogens with two attached hydrogens (primary N) is 1. The van der Waals surface area contributed by atoms with E-state index < -0.39 is 16.1 Å². The van der Waals surface area contributed by atoms with Crippen LogP contribution in [-0.2, 0) is 10.0 Å². The molecule has 7 heteroatoms. The van der Waals surface area contributed by atoms with Crippen LogP contribution in [0.25, 0.3) is 10.8 Å². The van der Waals surface area contributed by atoms with Crippen molar-refractivity contribution in [1.29, 1.82) is 0 Å². The third kappa shape index (κ3) is 3.57. The molecule has 24 heavy (non-hydrogen) atoms. The van der Waals surface area contributed by atoms with Crippen LogP contribution in [0.15, 0.2) is 65.8 Å². The molecule has 3 rings (SSSR count). The van der Waals surface area contributed by atoms with Gasteiger partial charge in [0.25, 0.3) is 0 Å². The molecule has 1 unspecified atom stereocenters. The molecule has 5 nitrogen and oxygen atoms in total. The van der Waals surface area contributed by atoms with Crippen molar-refractivity contribution in [2.24, 2.45) is 5.73 Å². The molecule has 0 spiro atoms. The molecule has 0 saturated heterocycles. The topological polar surface area (TPSA) is 85.1 Å². The Bertz CT molecular complexity index is 959. The Morgan fingerprint density at radius 2 is 1.83 bits per heavy atom. The van der Waals surface area contributed by atoms with E-state index in [0.717, 1.165) is 16.3 Å². The molecule has 0 saturated carbocycles. The first-order valence-electron chi connectivity index (χ1n) is 7.31. The van der Waals surface area contributed by atoms with E-state index in [1.165, 1.54) is 0 Å². The molecule has 3 aromatic rings. The lowest BCUT2D eigenvalue weighted by atomic mass is 10.1. The molecule has 0 radical (unpaired) electrons. The summed E-state index contributed by atoms with van der Waals surface area (Å²) in [7, 11) is -3.70. The maximum Gasteiger partial charge on any atom is 0.241 e. The van der Waals surface area contributed by atoms with Crippen LogP contribution >= 0.6 is 11.6 Å². The summed E-state index contributed by atoms with van der Waals surface area (Å²) in [6.45, 7) is 0.137. The standard InChI is InChI=1S/C17H16ClN3O2S/c18-15-4-1-12(2-5-15)17(10-19)21-24(22,23)16-6-3-14-11-20-8-7-13(14)9-16/h1-9,11,17,21H,10,19H2. The van der Waals surface area contributed by atoms with Crippen LogP contribution in [0.5, 0.6) is 0 Å². The number of fused-ring (bicyclic) bond motifs is 1. The molecule has 0 aliphatic carbocycles. The predicted molar refractivity (Wildman–Crippen MR) is 95.3 cm³/mol. The lowest BCUT2D eigenvalue weighted by molar-refractivity contribution is 0.558. The number of pyridine rings is 1. The van der Waals surface area contributed by atoms with Crippen molar-refractivity contribution in [2.75, 3.05) is 6.54 Å². The fraction of sp³-hybridized carbons (Fsp3) is 0.118. The van der Waals surface area contributed by atoms with Crippen molar-refractivity contribution in [3.8, 4) is 0 Å². The molecule has 1 atom stereocenters. The third-order valence-electron chi connectivity index (χ3n) is 3.73. The molecule has 0 aliphatic heterocycles. The lowest BCUT2D eigenvalue weighted by Gasteiger charge is -2.17. The zero-order valence-electron chi connectivity index (χ0n) is 12.7. The summed E-state index contributed by atoms with van der Waals surface area (Å²) in [4.78, 5) is 4.21. The number of hydrogen-bond acceptors (Lipinski definition) is 4. The highest BCUT2D eigenvalue weighted by Gasteiger charge is 2.20. The highest BCUT2D eigenvalue weighted by Crippen LogP contribution is 2.21. The number of hydrogen-bond donors (Lipinski definition) is 2.